The predicted molar refractivity (Wildman–Crippen MR) is 65.2 cm³/mol. The van der Waals surface area contributed by atoms with E-state index in [9.17, 15) is 4.79 Å². The second-order valence-corrected chi connectivity index (χ2v) is 3.81. The van der Waals surface area contributed by atoms with Gasteiger partial charge in [-0.15, -0.1) is 0 Å². The molecule has 0 spiro atoms. The van der Waals surface area contributed by atoms with Crippen LogP contribution in [-0.2, 0) is 9.53 Å². The van der Waals surface area contributed by atoms with Crippen LogP contribution < -0.4 is 5.32 Å². The van der Waals surface area contributed by atoms with Crippen molar-refractivity contribution < 1.29 is 9.53 Å². The zero-order chi connectivity index (χ0) is 11.9. The fraction of sp³-hybridized carbons (Fsp3) is 0.917. The smallest absolute Gasteiger partial charge is 0.119 e. The summed E-state index contributed by atoms with van der Waals surface area (Å²) in [6.07, 6.45) is 3.59. The molecule has 0 fully saturated rings. The average molecular weight is 217 g/mol. The molecule has 0 aliphatic heterocycles. The number of unbranched alkanes of at least 4 members (excludes halogenated alkanes) is 2. The van der Waals surface area contributed by atoms with E-state index in [1.807, 2.05) is 14.0 Å². The molecule has 0 unspecified atom stereocenters. The molecule has 0 heterocycles. The van der Waals surface area contributed by atoms with Crippen LogP contribution in [0.5, 0.6) is 0 Å². The quantitative estimate of drug-likeness (QED) is 0.500. The lowest BCUT2D eigenvalue weighted by atomic mass is 10.2. The molecule has 0 saturated heterocycles. The van der Waals surface area contributed by atoms with Crippen molar-refractivity contribution in [3.63, 3.8) is 0 Å². The second-order valence-electron chi connectivity index (χ2n) is 3.81. The summed E-state index contributed by atoms with van der Waals surface area (Å²) in [4.78, 5) is 9.80. The maximum absolute atomic E-state index is 9.80. The molecule has 0 atom stereocenters. The molecule has 0 aromatic carbocycles. The summed E-state index contributed by atoms with van der Waals surface area (Å²) < 4.78 is 5.06. The molecule has 15 heavy (non-hydrogen) atoms. The van der Waals surface area contributed by atoms with Crippen LogP contribution in [0.2, 0.25) is 0 Å². The SMILES string of the molecule is CCOCCCCC=O.CNCC(C)C. The summed E-state index contributed by atoms with van der Waals surface area (Å²) >= 11 is 0. The first-order valence-corrected chi connectivity index (χ1v) is 5.84. The molecule has 3 nitrogen and oxygen atoms in total. The fourth-order valence-corrected chi connectivity index (χ4v) is 0.984. The van der Waals surface area contributed by atoms with Gasteiger partial charge in [0.2, 0.25) is 0 Å². The van der Waals surface area contributed by atoms with Gasteiger partial charge in [0.05, 0.1) is 0 Å². The highest BCUT2D eigenvalue weighted by atomic mass is 16.5. The average Bonchev–Trinajstić information content (AvgIpc) is 2.18. The van der Waals surface area contributed by atoms with Crippen molar-refractivity contribution >= 4 is 6.29 Å². The maximum Gasteiger partial charge on any atom is 0.119 e. The van der Waals surface area contributed by atoms with Crippen LogP contribution in [0.25, 0.3) is 0 Å². The van der Waals surface area contributed by atoms with E-state index in [1.54, 1.807) is 0 Å². The Labute approximate surface area is 94.6 Å². The Hall–Kier alpha value is -0.410. The molecule has 0 radical (unpaired) electrons. The lowest BCUT2D eigenvalue weighted by Gasteiger charge is -1.98. The highest BCUT2D eigenvalue weighted by Gasteiger charge is 1.85. The van der Waals surface area contributed by atoms with E-state index in [4.69, 9.17) is 4.74 Å². The van der Waals surface area contributed by atoms with Gasteiger partial charge in [0.15, 0.2) is 0 Å². The van der Waals surface area contributed by atoms with E-state index in [-0.39, 0.29) is 0 Å². The molecule has 0 amide bonds. The minimum Gasteiger partial charge on any atom is -0.382 e. The highest BCUT2D eigenvalue weighted by Crippen LogP contribution is 1.92. The van der Waals surface area contributed by atoms with Crippen LogP contribution in [0.3, 0.4) is 0 Å². The van der Waals surface area contributed by atoms with E-state index in [0.29, 0.717) is 6.42 Å². The third kappa shape index (κ3) is 24.7. The molecule has 92 valence electrons. The van der Waals surface area contributed by atoms with Crippen LogP contribution in [0, 0.1) is 5.92 Å². The number of hydrogen-bond acceptors (Lipinski definition) is 3. The first-order valence-electron chi connectivity index (χ1n) is 5.84. The molecule has 0 aromatic rings. The van der Waals surface area contributed by atoms with Gasteiger partial charge >= 0.3 is 0 Å². The van der Waals surface area contributed by atoms with E-state index in [0.717, 1.165) is 44.8 Å². The molecule has 0 aliphatic carbocycles. The Balaban J connectivity index is 0. The number of aldehydes is 1. The highest BCUT2D eigenvalue weighted by molar-refractivity contribution is 5.48. The fourth-order valence-electron chi connectivity index (χ4n) is 0.984. The third-order valence-corrected chi connectivity index (χ3v) is 1.68. The maximum atomic E-state index is 9.80. The van der Waals surface area contributed by atoms with E-state index in [1.165, 1.54) is 0 Å². The normalized spacial score (nSPS) is 9.67. The molecule has 0 bridgehead atoms. The molecule has 0 saturated carbocycles. The Morgan fingerprint density at radius 2 is 2.00 bits per heavy atom. The van der Waals surface area contributed by atoms with Crippen molar-refractivity contribution in [2.45, 2.75) is 40.0 Å². The standard InChI is InChI=1S/C7H14O2.C5H13N/c1-2-9-7-5-3-4-6-8;1-5(2)4-6-3/h6H,2-5,7H2,1H3;5-6H,4H2,1-3H3. The summed E-state index contributed by atoms with van der Waals surface area (Å²) in [5.41, 5.74) is 0. The van der Waals surface area contributed by atoms with Crippen molar-refractivity contribution in [1.82, 2.24) is 5.32 Å². The van der Waals surface area contributed by atoms with E-state index < -0.39 is 0 Å². The van der Waals surface area contributed by atoms with Gasteiger partial charge in [-0.2, -0.15) is 0 Å². The van der Waals surface area contributed by atoms with E-state index in [2.05, 4.69) is 19.2 Å². The summed E-state index contributed by atoms with van der Waals surface area (Å²) in [6, 6.07) is 0. The van der Waals surface area contributed by atoms with Crippen molar-refractivity contribution in [1.29, 1.82) is 0 Å². The molecular formula is C12H27NO2. The Bertz CT molecular complexity index is 116. The van der Waals surface area contributed by atoms with Gasteiger partial charge in [0, 0.05) is 19.6 Å². The minimum absolute atomic E-state index is 0.674. The van der Waals surface area contributed by atoms with Crippen LogP contribution in [-0.4, -0.2) is 33.1 Å². The number of carbonyl (C=O) groups excluding carboxylic acids is 1. The molecule has 1 N–H and O–H groups in total. The van der Waals surface area contributed by atoms with Gasteiger partial charge < -0.3 is 14.8 Å². The topological polar surface area (TPSA) is 38.3 Å². The molecule has 0 rings (SSSR count). The summed E-state index contributed by atoms with van der Waals surface area (Å²) in [5, 5.41) is 3.07. The largest absolute Gasteiger partial charge is 0.382 e. The number of ether oxygens (including phenoxy) is 1. The zero-order valence-electron chi connectivity index (χ0n) is 10.7. The number of nitrogens with one attached hydrogen (secondary N) is 1. The lowest BCUT2D eigenvalue weighted by molar-refractivity contribution is -0.108. The van der Waals surface area contributed by atoms with Crippen molar-refractivity contribution in [3.8, 4) is 0 Å². The van der Waals surface area contributed by atoms with Crippen LogP contribution in [0.4, 0.5) is 0 Å². The van der Waals surface area contributed by atoms with Gasteiger partial charge in [-0.05, 0) is 39.3 Å². The minimum atomic E-state index is 0.674. The van der Waals surface area contributed by atoms with Crippen molar-refractivity contribution in [2.24, 2.45) is 5.92 Å². The van der Waals surface area contributed by atoms with Gasteiger partial charge in [0.25, 0.3) is 0 Å². The lowest BCUT2D eigenvalue weighted by Crippen LogP contribution is -2.12. The summed E-state index contributed by atoms with van der Waals surface area (Å²) in [5.74, 6) is 0.787. The summed E-state index contributed by atoms with van der Waals surface area (Å²) in [7, 11) is 1.97. The second kappa shape index (κ2) is 16.0. The molecular weight excluding hydrogens is 190 g/mol. The Morgan fingerprint density at radius 3 is 2.33 bits per heavy atom. The van der Waals surface area contributed by atoms with Gasteiger partial charge in [-0.1, -0.05) is 13.8 Å². The Morgan fingerprint density at radius 1 is 1.33 bits per heavy atom. The van der Waals surface area contributed by atoms with Crippen LogP contribution in [0.15, 0.2) is 0 Å². The van der Waals surface area contributed by atoms with Gasteiger partial charge in [-0.3, -0.25) is 0 Å². The predicted octanol–water partition coefficient (Wildman–Crippen LogP) is 2.25. The van der Waals surface area contributed by atoms with Crippen molar-refractivity contribution in [2.75, 3.05) is 26.8 Å². The van der Waals surface area contributed by atoms with Gasteiger partial charge in [-0.25, -0.2) is 0 Å². The monoisotopic (exact) mass is 217 g/mol. The number of hydrogen-bond donors (Lipinski definition) is 1. The summed E-state index contributed by atoms with van der Waals surface area (Å²) in [6.45, 7) is 9.05. The zero-order valence-corrected chi connectivity index (χ0v) is 10.7. The number of rotatable bonds is 8. The van der Waals surface area contributed by atoms with Crippen LogP contribution in [0.1, 0.15) is 40.0 Å². The van der Waals surface area contributed by atoms with Gasteiger partial charge in [0.1, 0.15) is 6.29 Å². The Kier molecular flexibility index (Phi) is 18.2. The molecule has 0 aliphatic rings. The first kappa shape index (κ1) is 17.0. The van der Waals surface area contributed by atoms with Crippen LogP contribution >= 0.6 is 0 Å². The first-order chi connectivity index (χ1) is 7.18. The molecule has 3 heteroatoms. The molecule has 0 aromatic heterocycles. The van der Waals surface area contributed by atoms with E-state index >= 15 is 0 Å². The third-order valence-electron chi connectivity index (χ3n) is 1.68. The number of carbonyl (C=O) groups is 1. The van der Waals surface area contributed by atoms with Crippen molar-refractivity contribution in [3.05, 3.63) is 0 Å².